The van der Waals surface area contributed by atoms with Crippen molar-refractivity contribution in [1.29, 1.82) is 0 Å². The van der Waals surface area contributed by atoms with Crippen molar-refractivity contribution in [2.24, 2.45) is 0 Å². The summed E-state index contributed by atoms with van der Waals surface area (Å²) in [6, 6.07) is 10.2. The minimum atomic E-state index is -1.05. The molecule has 2 N–H and O–H groups in total. The summed E-state index contributed by atoms with van der Waals surface area (Å²) in [5.41, 5.74) is 0.805. The van der Waals surface area contributed by atoms with Crippen LogP contribution in [0.4, 0.5) is 5.69 Å². The number of hydrogen-bond acceptors (Lipinski definition) is 5. The zero-order chi connectivity index (χ0) is 18.6. The van der Waals surface area contributed by atoms with E-state index in [9.17, 15) is 19.5 Å². The minimum Gasteiger partial charge on any atom is -0.507 e. The van der Waals surface area contributed by atoms with Crippen molar-refractivity contribution in [2.75, 3.05) is 5.32 Å². The molecular weight excluding hydrogens is 346 g/mol. The van der Waals surface area contributed by atoms with Crippen LogP contribution < -0.4 is 5.32 Å². The highest BCUT2D eigenvalue weighted by Gasteiger charge is 2.22. The second kappa shape index (κ2) is 7.81. The largest absolute Gasteiger partial charge is 0.507 e. The van der Waals surface area contributed by atoms with E-state index in [0.717, 1.165) is 0 Å². The molecule has 25 heavy (non-hydrogen) atoms. The smallest absolute Gasteiger partial charge is 0.342 e. The quantitative estimate of drug-likeness (QED) is 0.628. The fraction of sp³-hybridized carbons (Fsp3) is 0.167. The first-order valence-electron chi connectivity index (χ1n) is 7.39. The lowest BCUT2D eigenvalue weighted by Gasteiger charge is -2.13. The molecule has 0 spiro atoms. The predicted octanol–water partition coefficient (Wildman–Crippen LogP) is 3.43. The summed E-state index contributed by atoms with van der Waals surface area (Å²) in [6.45, 7) is 2.82. The molecule has 0 saturated heterocycles. The van der Waals surface area contributed by atoms with Gasteiger partial charge >= 0.3 is 5.97 Å². The molecule has 0 bridgehead atoms. The summed E-state index contributed by atoms with van der Waals surface area (Å²) in [4.78, 5) is 35.4. The van der Waals surface area contributed by atoms with Gasteiger partial charge in [0.1, 0.15) is 11.3 Å². The van der Waals surface area contributed by atoms with Crippen molar-refractivity contribution in [2.45, 2.75) is 20.0 Å². The molecule has 0 heterocycles. The fourth-order valence-corrected chi connectivity index (χ4v) is 2.28. The van der Waals surface area contributed by atoms with Crippen LogP contribution in [0.15, 0.2) is 42.5 Å². The first-order valence-corrected chi connectivity index (χ1v) is 7.77. The number of aromatic hydroxyl groups is 1. The molecular formula is C18H16ClNO5. The number of hydrogen-bond donors (Lipinski definition) is 2. The van der Waals surface area contributed by atoms with E-state index in [0.29, 0.717) is 11.3 Å². The van der Waals surface area contributed by atoms with E-state index in [2.05, 4.69) is 5.32 Å². The first kappa shape index (κ1) is 18.5. The Bertz CT molecular complexity index is 817. The molecule has 0 aliphatic heterocycles. The molecule has 0 fully saturated rings. The van der Waals surface area contributed by atoms with Crippen LogP contribution in [0.3, 0.4) is 0 Å². The van der Waals surface area contributed by atoms with E-state index in [1.165, 1.54) is 44.2 Å². The van der Waals surface area contributed by atoms with Crippen molar-refractivity contribution < 1.29 is 24.2 Å². The highest BCUT2D eigenvalue weighted by Crippen LogP contribution is 2.23. The molecule has 0 unspecified atom stereocenters. The molecule has 0 aliphatic carbocycles. The molecule has 2 aromatic rings. The van der Waals surface area contributed by atoms with Gasteiger partial charge in [0.2, 0.25) is 11.7 Å². The van der Waals surface area contributed by atoms with Crippen molar-refractivity contribution in [3.05, 3.63) is 58.6 Å². The Morgan fingerprint density at radius 2 is 1.76 bits per heavy atom. The van der Waals surface area contributed by atoms with Crippen LogP contribution in [0, 0.1) is 0 Å². The molecule has 1 atom stereocenters. The van der Waals surface area contributed by atoms with E-state index >= 15 is 0 Å². The van der Waals surface area contributed by atoms with E-state index in [4.69, 9.17) is 16.3 Å². The van der Waals surface area contributed by atoms with Crippen LogP contribution in [-0.4, -0.2) is 28.9 Å². The number of ether oxygens (including phenoxy) is 1. The molecule has 6 nitrogen and oxygen atoms in total. The zero-order valence-corrected chi connectivity index (χ0v) is 14.3. The lowest BCUT2D eigenvalue weighted by Crippen LogP contribution is -2.24. The summed E-state index contributed by atoms with van der Waals surface area (Å²) in [5, 5.41) is 12.6. The van der Waals surface area contributed by atoms with Gasteiger partial charge in [-0.2, -0.15) is 0 Å². The van der Waals surface area contributed by atoms with Crippen molar-refractivity contribution in [3.63, 3.8) is 0 Å². The van der Waals surface area contributed by atoms with Crippen LogP contribution in [0.2, 0.25) is 5.02 Å². The van der Waals surface area contributed by atoms with Gasteiger partial charge in [0.15, 0.2) is 6.10 Å². The number of anilines is 1. The number of carbonyl (C=O) groups excluding carboxylic acids is 3. The first-order chi connectivity index (χ1) is 11.8. The topological polar surface area (TPSA) is 92.7 Å². The lowest BCUT2D eigenvalue weighted by molar-refractivity contribution is -0.114. The molecule has 0 aromatic heterocycles. The Morgan fingerprint density at radius 1 is 1.12 bits per heavy atom. The molecule has 2 aromatic carbocycles. The normalized spacial score (nSPS) is 11.5. The van der Waals surface area contributed by atoms with Crippen molar-refractivity contribution >= 4 is 34.9 Å². The van der Waals surface area contributed by atoms with Gasteiger partial charge in [-0.05, 0) is 49.4 Å². The third kappa shape index (κ3) is 4.81. The molecule has 2 rings (SSSR count). The summed E-state index contributed by atoms with van der Waals surface area (Å²) >= 11 is 5.71. The van der Waals surface area contributed by atoms with Crippen LogP contribution in [0.25, 0.3) is 0 Å². The summed E-state index contributed by atoms with van der Waals surface area (Å²) in [5.74, 6) is -1.78. The number of amides is 1. The second-order valence-corrected chi connectivity index (χ2v) is 5.77. The van der Waals surface area contributed by atoms with E-state index < -0.39 is 17.9 Å². The molecule has 0 saturated carbocycles. The second-order valence-electron chi connectivity index (χ2n) is 5.33. The molecule has 0 aliphatic rings. The highest BCUT2D eigenvalue weighted by molar-refractivity contribution is 6.30. The Labute approximate surface area is 149 Å². The van der Waals surface area contributed by atoms with Crippen LogP contribution in [-0.2, 0) is 9.53 Å². The van der Waals surface area contributed by atoms with Gasteiger partial charge in [0.25, 0.3) is 0 Å². The Morgan fingerprint density at radius 3 is 2.32 bits per heavy atom. The lowest BCUT2D eigenvalue weighted by atomic mass is 10.1. The SMILES string of the molecule is CC(=O)Nc1ccc(C(=O)[C@@H](C)OC(=O)c2ccc(Cl)cc2O)cc1. The van der Waals surface area contributed by atoms with E-state index in [1.807, 2.05) is 0 Å². The standard InChI is InChI=1S/C18H16ClNO5/c1-10(25-18(24)15-8-5-13(19)9-16(15)22)17(23)12-3-6-14(7-4-12)20-11(2)21/h3-10,22H,1-2H3,(H,20,21)/t10-/m1/s1. The van der Waals surface area contributed by atoms with Gasteiger partial charge < -0.3 is 15.2 Å². The number of phenols is 1. The van der Waals surface area contributed by atoms with Crippen molar-refractivity contribution in [1.82, 2.24) is 0 Å². The maximum absolute atomic E-state index is 12.3. The fourth-order valence-electron chi connectivity index (χ4n) is 2.11. The van der Waals surface area contributed by atoms with Gasteiger partial charge in [-0.3, -0.25) is 9.59 Å². The van der Waals surface area contributed by atoms with Crippen LogP contribution in [0.5, 0.6) is 5.75 Å². The van der Waals surface area contributed by atoms with Crippen LogP contribution in [0.1, 0.15) is 34.6 Å². The number of ketones is 1. The number of nitrogens with one attached hydrogen (secondary N) is 1. The van der Waals surface area contributed by atoms with Gasteiger partial charge in [-0.25, -0.2) is 4.79 Å². The number of esters is 1. The van der Waals surface area contributed by atoms with Gasteiger partial charge in [-0.15, -0.1) is 0 Å². The Hall–Kier alpha value is -2.86. The maximum atomic E-state index is 12.3. The summed E-state index contributed by atoms with van der Waals surface area (Å²) in [7, 11) is 0. The number of rotatable bonds is 5. The minimum absolute atomic E-state index is 0.0787. The summed E-state index contributed by atoms with van der Waals surface area (Å²) < 4.78 is 5.11. The maximum Gasteiger partial charge on any atom is 0.342 e. The van der Waals surface area contributed by atoms with Crippen LogP contribution >= 0.6 is 11.6 Å². The average Bonchev–Trinajstić information content (AvgIpc) is 2.54. The number of Topliss-reactive ketones (excluding diaryl/α,β-unsaturated/α-hetero) is 1. The number of benzene rings is 2. The Balaban J connectivity index is 2.06. The molecule has 0 radical (unpaired) electrons. The number of phenolic OH excluding ortho intramolecular Hbond substituents is 1. The molecule has 1 amide bonds. The van der Waals surface area contributed by atoms with Crippen molar-refractivity contribution in [3.8, 4) is 5.75 Å². The third-order valence-corrected chi connectivity index (χ3v) is 3.56. The molecule has 7 heteroatoms. The van der Waals surface area contributed by atoms with Gasteiger partial charge in [-0.1, -0.05) is 11.6 Å². The zero-order valence-electron chi connectivity index (χ0n) is 13.6. The average molecular weight is 362 g/mol. The molecule has 130 valence electrons. The van der Waals surface area contributed by atoms with Gasteiger partial charge in [0, 0.05) is 23.2 Å². The number of halogens is 1. The summed E-state index contributed by atoms with van der Waals surface area (Å²) in [6.07, 6.45) is -1.05. The predicted molar refractivity (Wildman–Crippen MR) is 93.1 cm³/mol. The van der Waals surface area contributed by atoms with E-state index in [-0.39, 0.29) is 22.2 Å². The van der Waals surface area contributed by atoms with E-state index in [1.54, 1.807) is 12.1 Å². The highest BCUT2D eigenvalue weighted by atomic mass is 35.5. The Kier molecular flexibility index (Phi) is 5.77. The third-order valence-electron chi connectivity index (χ3n) is 3.32. The number of carbonyl (C=O) groups is 3. The van der Waals surface area contributed by atoms with Gasteiger partial charge in [0.05, 0.1) is 0 Å². The monoisotopic (exact) mass is 361 g/mol.